The number of phenolic OH excluding ortho intramolecular Hbond substituents is 1. The van der Waals surface area contributed by atoms with Gasteiger partial charge in [-0.2, -0.15) is 0 Å². The van der Waals surface area contributed by atoms with Crippen LogP contribution in [0.5, 0.6) is 11.5 Å². The van der Waals surface area contributed by atoms with Gasteiger partial charge in [0.15, 0.2) is 0 Å². The van der Waals surface area contributed by atoms with Crippen LogP contribution in [0.1, 0.15) is 6.42 Å². The number of carbonyl (C=O) groups is 1. The minimum Gasteiger partial charge on any atom is -0.508 e. The number of aromatic hydroxyl groups is 1. The molecular weight excluding hydrogens is 286 g/mol. The summed E-state index contributed by atoms with van der Waals surface area (Å²) in [6, 6.07) is 14.3. The lowest BCUT2D eigenvalue weighted by molar-refractivity contribution is -0.115. The number of nitrogens with one attached hydrogen (secondary N) is 1. The van der Waals surface area contributed by atoms with Crippen molar-refractivity contribution in [3.8, 4) is 11.5 Å². The van der Waals surface area contributed by atoms with Gasteiger partial charge >= 0.3 is 0 Å². The number of phenols is 1. The molecule has 2 aromatic rings. The van der Waals surface area contributed by atoms with Crippen molar-refractivity contribution in [1.29, 1.82) is 0 Å². The molecule has 0 fully saturated rings. The number of ether oxygens (including phenoxy) is 1. The van der Waals surface area contributed by atoms with Crippen LogP contribution in [0.15, 0.2) is 53.4 Å². The van der Waals surface area contributed by atoms with E-state index < -0.39 is 0 Å². The maximum absolute atomic E-state index is 11.9. The summed E-state index contributed by atoms with van der Waals surface area (Å²) in [5, 5.41) is 12.2. The van der Waals surface area contributed by atoms with E-state index >= 15 is 0 Å². The number of methoxy groups -OCH3 is 1. The van der Waals surface area contributed by atoms with E-state index in [-0.39, 0.29) is 11.7 Å². The predicted octanol–water partition coefficient (Wildman–Crippen LogP) is 3.52. The van der Waals surface area contributed by atoms with Crippen molar-refractivity contribution in [1.82, 2.24) is 0 Å². The van der Waals surface area contributed by atoms with Crippen molar-refractivity contribution < 1.29 is 14.6 Å². The molecule has 5 heteroatoms. The van der Waals surface area contributed by atoms with Gasteiger partial charge < -0.3 is 15.2 Å². The Morgan fingerprint density at radius 3 is 2.81 bits per heavy atom. The summed E-state index contributed by atoms with van der Waals surface area (Å²) in [5.74, 6) is 1.46. The molecular formula is C16H17NO3S. The van der Waals surface area contributed by atoms with Gasteiger partial charge in [-0.05, 0) is 30.3 Å². The van der Waals surface area contributed by atoms with Gasteiger partial charge in [-0.25, -0.2) is 0 Å². The van der Waals surface area contributed by atoms with E-state index in [1.807, 2.05) is 18.2 Å². The number of carbonyl (C=O) groups excluding carboxylic acids is 1. The van der Waals surface area contributed by atoms with Crippen LogP contribution in [0.2, 0.25) is 0 Å². The van der Waals surface area contributed by atoms with Crippen LogP contribution in [0.4, 0.5) is 5.69 Å². The summed E-state index contributed by atoms with van der Waals surface area (Å²) in [6.07, 6.45) is 0.387. The Bertz CT molecular complexity index is 616. The van der Waals surface area contributed by atoms with Crippen LogP contribution >= 0.6 is 11.8 Å². The van der Waals surface area contributed by atoms with E-state index in [1.165, 1.54) is 11.8 Å². The van der Waals surface area contributed by atoms with Gasteiger partial charge in [0.2, 0.25) is 5.91 Å². The van der Waals surface area contributed by atoms with E-state index in [0.29, 0.717) is 23.6 Å². The highest BCUT2D eigenvalue weighted by Gasteiger charge is 2.07. The van der Waals surface area contributed by atoms with Gasteiger partial charge in [0.1, 0.15) is 11.5 Å². The van der Waals surface area contributed by atoms with Gasteiger partial charge in [0, 0.05) is 17.1 Å². The number of thioether (sulfide) groups is 1. The lowest BCUT2D eigenvalue weighted by Crippen LogP contribution is -2.12. The van der Waals surface area contributed by atoms with Crippen molar-refractivity contribution >= 4 is 23.4 Å². The summed E-state index contributed by atoms with van der Waals surface area (Å²) >= 11 is 1.53. The molecule has 110 valence electrons. The van der Waals surface area contributed by atoms with Crippen LogP contribution in [-0.4, -0.2) is 23.9 Å². The van der Waals surface area contributed by atoms with E-state index in [1.54, 1.807) is 37.4 Å². The Balaban J connectivity index is 1.82. The first kappa shape index (κ1) is 15.3. The first-order valence-corrected chi connectivity index (χ1v) is 7.52. The Morgan fingerprint density at radius 2 is 2.05 bits per heavy atom. The molecule has 0 atom stereocenters. The molecule has 0 aromatic heterocycles. The predicted molar refractivity (Wildman–Crippen MR) is 85.1 cm³/mol. The van der Waals surface area contributed by atoms with Crippen LogP contribution in [0.3, 0.4) is 0 Å². The SMILES string of the molecule is COc1ccccc1NC(=O)CCSc1cccc(O)c1. The highest BCUT2D eigenvalue weighted by atomic mass is 32.2. The van der Waals surface area contributed by atoms with E-state index in [4.69, 9.17) is 4.74 Å². The largest absolute Gasteiger partial charge is 0.508 e. The summed E-state index contributed by atoms with van der Waals surface area (Å²) in [7, 11) is 1.57. The van der Waals surface area contributed by atoms with Gasteiger partial charge in [-0.15, -0.1) is 11.8 Å². The van der Waals surface area contributed by atoms with Crippen molar-refractivity contribution in [3.63, 3.8) is 0 Å². The average molecular weight is 303 g/mol. The lowest BCUT2D eigenvalue weighted by Gasteiger charge is -2.09. The first-order chi connectivity index (χ1) is 10.2. The summed E-state index contributed by atoms with van der Waals surface area (Å²) in [5.41, 5.74) is 0.673. The Kier molecular flexibility index (Phi) is 5.51. The van der Waals surface area contributed by atoms with Crippen molar-refractivity contribution in [2.24, 2.45) is 0 Å². The molecule has 21 heavy (non-hydrogen) atoms. The molecule has 0 aliphatic rings. The van der Waals surface area contributed by atoms with Crippen LogP contribution in [0, 0.1) is 0 Å². The van der Waals surface area contributed by atoms with Gasteiger partial charge in [0.25, 0.3) is 0 Å². The van der Waals surface area contributed by atoms with Gasteiger partial charge in [-0.3, -0.25) is 4.79 Å². The van der Waals surface area contributed by atoms with Gasteiger partial charge in [0.05, 0.1) is 12.8 Å². The number of amides is 1. The second-order valence-corrected chi connectivity index (χ2v) is 5.51. The number of hydrogen-bond acceptors (Lipinski definition) is 4. The molecule has 2 N–H and O–H groups in total. The van der Waals surface area contributed by atoms with Crippen LogP contribution in [0.25, 0.3) is 0 Å². The summed E-state index contributed by atoms with van der Waals surface area (Å²) in [4.78, 5) is 12.9. The number of hydrogen-bond donors (Lipinski definition) is 2. The molecule has 0 radical (unpaired) electrons. The smallest absolute Gasteiger partial charge is 0.225 e. The first-order valence-electron chi connectivity index (χ1n) is 6.54. The standard InChI is InChI=1S/C16H17NO3S/c1-20-15-8-3-2-7-14(15)17-16(19)9-10-21-13-6-4-5-12(18)11-13/h2-8,11,18H,9-10H2,1H3,(H,17,19). The zero-order valence-electron chi connectivity index (χ0n) is 11.7. The highest BCUT2D eigenvalue weighted by molar-refractivity contribution is 7.99. The molecule has 0 unspecified atom stereocenters. The number of benzene rings is 2. The maximum atomic E-state index is 11.9. The third-order valence-corrected chi connectivity index (χ3v) is 3.79. The molecule has 0 aliphatic carbocycles. The van der Waals surface area contributed by atoms with E-state index in [0.717, 1.165) is 4.90 Å². The Hall–Kier alpha value is -2.14. The fraction of sp³-hybridized carbons (Fsp3) is 0.188. The molecule has 0 heterocycles. The zero-order chi connectivity index (χ0) is 15.1. The number of rotatable bonds is 6. The third kappa shape index (κ3) is 4.72. The second-order valence-electron chi connectivity index (χ2n) is 4.34. The topological polar surface area (TPSA) is 58.6 Å². The third-order valence-electron chi connectivity index (χ3n) is 2.80. The molecule has 2 rings (SSSR count). The molecule has 0 saturated carbocycles. The maximum Gasteiger partial charge on any atom is 0.225 e. The summed E-state index contributed by atoms with van der Waals surface area (Å²) < 4.78 is 5.19. The van der Waals surface area contributed by atoms with Crippen molar-refractivity contribution in [3.05, 3.63) is 48.5 Å². The quantitative estimate of drug-likeness (QED) is 0.802. The molecule has 0 aliphatic heterocycles. The van der Waals surface area contributed by atoms with E-state index in [2.05, 4.69) is 5.32 Å². The van der Waals surface area contributed by atoms with Gasteiger partial charge in [-0.1, -0.05) is 18.2 Å². The Morgan fingerprint density at radius 1 is 1.24 bits per heavy atom. The average Bonchev–Trinajstić information content (AvgIpc) is 2.48. The van der Waals surface area contributed by atoms with Crippen molar-refractivity contribution in [2.45, 2.75) is 11.3 Å². The molecule has 4 nitrogen and oxygen atoms in total. The molecule has 2 aromatic carbocycles. The lowest BCUT2D eigenvalue weighted by atomic mass is 10.3. The number of para-hydroxylation sites is 2. The fourth-order valence-corrected chi connectivity index (χ4v) is 2.70. The molecule has 0 spiro atoms. The van der Waals surface area contributed by atoms with Crippen molar-refractivity contribution in [2.75, 3.05) is 18.2 Å². The monoisotopic (exact) mass is 303 g/mol. The zero-order valence-corrected chi connectivity index (χ0v) is 12.5. The molecule has 1 amide bonds. The van der Waals surface area contributed by atoms with E-state index in [9.17, 15) is 9.90 Å². The Labute approximate surface area is 128 Å². The highest BCUT2D eigenvalue weighted by Crippen LogP contribution is 2.25. The van der Waals surface area contributed by atoms with Crippen LogP contribution < -0.4 is 10.1 Å². The molecule has 0 bridgehead atoms. The normalized spacial score (nSPS) is 10.1. The molecule has 0 saturated heterocycles. The fourth-order valence-electron chi connectivity index (χ4n) is 1.80. The minimum absolute atomic E-state index is 0.0628. The summed E-state index contributed by atoms with van der Waals surface area (Å²) in [6.45, 7) is 0. The van der Waals surface area contributed by atoms with Crippen LogP contribution in [-0.2, 0) is 4.79 Å². The second kappa shape index (κ2) is 7.59. The minimum atomic E-state index is -0.0628. The number of anilines is 1.